The Kier molecular flexibility index (Phi) is 8.70. The number of carbonyl (C=O) groups excluding carboxylic acids is 1. The smallest absolute Gasteiger partial charge is 0.318 e. The van der Waals surface area contributed by atoms with Crippen LogP contribution in [-0.4, -0.2) is 77.6 Å². The fourth-order valence-corrected chi connectivity index (χ4v) is 7.37. The number of nitrogens with zero attached hydrogens (tertiary/aromatic N) is 6. The van der Waals surface area contributed by atoms with Gasteiger partial charge in [0.2, 0.25) is 0 Å². The van der Waals surface area contributed by atoms with Crippen molar-refractivity contribution in [3.8, 4) is 12.1 Å². The molecule has 3 aliphatic heterocycles. The summed E-state index contributed by atoms with van der Waals surface area (Å²) in [4.78, 5) is 28.2. The lowest BCUT2D eigenvalue weighted by Crippen LogP contribution is -2.56. The molecule has 0 saturated carbocycles. The van der Waals surface area contributed by atoms with Gasteiger partial charge in [-0.1, -0.05) is 62.4 Å². The van der Waals surface area contributed by atoms with Crippen molar-refractivity contribution in [1.29, 1.82) is 5.26 Å². The van der Waals surface area contributed by atoms with Gasteiger partial charge in [-0.05, 0) is 43.5 Å². The van der Waals surface area contributed by atoms with Gasteiger partial charge in [0.15, 0.2) is 5.83 Å². The monoisotopic (exact) mass is 632 g/mol. The largest absolute Gasteiger partial charge is 0.462 e. The number of amides is 1. The summed E-state index contributed by atoms with van der Waals surface area (Å²) in [5, 5.41) is 12.2. The average Bonchev–Trinajstić information content (AvgIpc) is 3.44. The van der Waals surface area contributed by atoms with E-state index in [4.69, 9.17) is 31.0 Å². The molecule has 1 amide bonds. The highest BCUT2D eigenvalue weighted by Crippen LogP contribution is 2.49. The Morgan fingerprint density at radius 3 is 2.69 bits per heavy atom. The Hall–Kier alpha value is -3.78. The molecule has 236 valence electrons. The molecule has 3 aromatic rings. The number of likely N-dealkylation sites (tertiary alicyclic amines) is 1. The van der Waals surface area contributed by atoms with Gasteiger partial charge in [0, 0.05) is 47.1 Å². The molecule has 45 heavy (non-hydrogen) atoms. The van der Waals surface area contributed by atoms with Gasteiger partial charge in [-0.25, -0.2) is 4.39 Å². The number of benzene rings is 2. The van der Waals surface area contributed by atoms with E-state index in [0.29, 0.717) is 30.5 Å². The number of hydrogen-bond donors (Lipinski definition) is 0. The number of anilines is 1. The van der Waals surface area contributed by atoms with E-state index in [-0.39, 0.29) is 37.7 Å². The van der Waals surface area contributed by atoms with Crippen molar-refractivity contribution in [2.45, 2.75) is 63.3 Å². The number of fused-ring (bicyclic) bond motifs is 2. The minimum absolute atomic E-state index is 0.0477. The lowest BCUT2D eigenvalue weighted by atomic mass is 9.75. The SMILES string of the molecule is C=C(F)C(=O)N1CCN(c2nc(OC[C@@H]3CCCN3C)nc3c2COC(c2cccc4cccc(Cl)c24)C3(C)C)C[C@@H]1CC#N. The van der Waals surface area contributed by atoms with Gasteiger partial charge >= 0.3 is 6.01 Å². The predicted octanol–water partition coefficient (Wildman–Crippen LogP) is 5.72. The second kappa shape index (κ2) is 12.5. The van der Waals surface area contributed by atoms with E-state index in [1.165, 1.54) is 4.90 Å². The van der Waals surface area contributed by atoms with Gasteiger partial charge in [0.05, 0.1) is 36.9 Å². The second-order valence-electron chi connectivity index (χ2n) is 12.7. The molecule has 11 heteroatoms. The number of rotatable bonds is 7. The molecule has 0 spiro atoms. The number of piperazine rings is 1. The number of hydrogen-bond acceptors (Lipinski definition) is 8. The van der Waals surface area contributed by atoms with Crippen LogP contribution in [-0.2, 0) is 21.6 Å². The molecule has 2 saturated heterocycles. The summed E-state index contributed by atoms with van der Waals surface area (Å²) in [6.07, 6.45) is 1.85. The molecule has 4 heterocycles. The van der Waals surface area contributed by atoms with Crippen molar-refractivity contribution in [2.24, 2.45) is 0 Å². The van der Waals surface area contributed by atoms with Crippen molar-refractivity contribution < 1.29 is 18.7 Å². The summed E-state index contributed by atoms with van der Waals surface area (Å²) in [5.74, 6) is -1.18. The average molecular weight is 633 g/mol. The van der Waals surface area contributed by atoms with Crippen molar-refractivity contribution in [1.82, 2.24) is 19.8 Å². The van der Waals surface area contributed by atoms with Gasteiger partial charge in [0.1, 0.15) is 12.4 Å². The topological polar surface area (TPSA) is 94.8 Å². The van der Waals surface area contributed by atoms with Gasteiger partial charge in [-0.15, -0.1) is 0 Å². The third-order valence-electron chi connectivity index (χ3n) is 9.47. The van der Waals surface area contributed by atoms with E-state index in [1.807, 2.05) is 35.2 Å². The van der Waals surface area contributed by atoms with Crippen LogP contribution in [0.4, 0.5) is 10.2 Å². The van der Waals surface area contributed by atoms with E-state index >= 15 is 0 Å². The van der Waals surface area contributed by atoms with Gasteiger partial charge in [0.25, 0.3) is 5.91 Å². The lowest BCUT2D eigenvalue weighted by Gasteiger charge is -2.44. The van der Waals surface area contributed by atoms with E-state index < -0.39 is 23.2 Å². The van der Waals surface area contributed by atoms with Crippen molar-refractivity contribution in [3.05, 3.63) is 70.6 Å². The lowest BCUT2D eigenvalue weighted by molar-refractivity contribution is -0.131. The highest BCUT2D eigenvalue weighted by atomic mass is 35.5. The first-order valence-corrected chi connectivity index (χ1v) is 15.8. The number of aromatic nitrogens is 2. The molecule has 1 aromatic heterocycles. The predicted molar refractivity (Wildman–Crippen MR) is 171 cm³/mol. The van der Waals surface area contributed by atoms with Crippen LogP contribution in [0.5, 0.6) is 6.01 Å². The first-order valence-electron chi connectivity index (χ1n) is 15.4. The van der Waals surface area contributed by atoms with Gasteiger partial charge in [-0.2, -0.15) is 15.2 Å². The normalized spacial score (nSPS) is 23.1. The quantitative estimate of drug-likeness (QED) is 0.305. The molecule has 2 aromatic carbocycles. The summed E-state index contributed by atoms with van der Waals surface area (Å²) in [6.45, 7) is 10.0. The first kappa shape index (κ1) is 31.2. The molecule has 2 fully saturated rings. The third-order valence-corrected chi connectivity index (χ3v) is 9.79. The number of nitriles is 1. The molecular weight excluding hydrogens is 595 g/mol. The summed E-state index contributed by atoms with van der Waals surface area (Å²) >= 11 is 6.74. The molecule has 9 nitrogen and oxygen atoms in total. The van der Waals surface area contributed by atoms with Crippen LogP contribution in [0.3, 0.4) is 0 Å². The van der Waals surface area contributed by atoms with Crippen LogP contribution in [0, 0.1) is 11.3 Å². The molecule has 0 aliphatic carbocycles. The van der Waals surface area contributed by atoms with Crippen LogP contribution >= 0.6 is 11.6 Å². The highest BCUT2D eigenvalue weighted by Gasteiger charge is 2.44. The Morgan fingerprint density at radius 1 is 1.20 bits per heavy atom. The maximum Gasteiger partial charge on any atom is 0.318 e. The van der Waals surface area contributed by atoms with Gasteiger partial charge < -0.3 is 24.2 Å². The molecule has 0 N–H and O–H groups in total. The standard InChI is InChI=1S/C34H38ClFN6O3/c1-21(36)32(43)42-17-16-41(18-23(42)13-14-37)31-26-20-44-30(25-11-5-8-22-9-6-12-27(35)28(22)25)34(2,3)29(26)38-33(39-31)45-19-24-10-7-15-40(24)4/h5-6,8-9,11-12,23-24,30H,1,7,10,13,15-20H2,2-4H3/t23-,24-,30?/m0/s1. The Bertz CT molecular complexity index is 1670. The van der Waals surface area contributed by atoms with Crippen molar-refractivity contribution in [3.63, 3.8) is 0 Å². The highest BCUT2D eigenvalue weighted by molar-refractivity contribution is 6.35. The minimum Gasteiger partial charge on any atom is -0.462 e. The number of halogens is 2. The summed E-state index contributed by atoms with van der Waals surface area (Å²) in [7, 11) is 2.10. The minimum atomic E-state index is -1.03. The van der Waals surface area contributed by atoms with E-state index in [2.05, 4.69) is 44.5 Å². The van der Waals surface area contributed by atoms with E-state index in [9.17, 15) is 14.4 Å². The Morgan fingerprint density at radius 2 is 1.98 bits per heavy atom. The van der Waals surface area contributed by atoms with Crippen LogP contribution in [0.15, 0.2) is 48.8 Å². The van der Waals surface area contributed by atoms with Crippen LogP contribution in [0.25, 0.3) is 10.8 Å². The molecule has 3 atom stereocenters. The second-order valence-corrected chi connectivity index (χ2v) is 13.1. The van der Waals surface area contributed by atoms with Crippen molar-refractivity contribution >= 4 is 34.1 Å². The fourth-order valence-electron chi connectivity index (χ4n) is 7.07. The van der Waals surface area contributed by atoms with E-state index in [0.717, 1.165) is 47.0 Å². The fraction of sp³-hybridized carbons (Fsp3) is 0.471. The summed E-state index contributed by atoms with van der Waals surface area (Å²) < 4.78 is 26.9. The maximum absolute atomic E-state index is 13.9. The molecule has 1 unspecified atom stereocenters. The number of likely N-dealkylation sites (N-methyl/N-ethyl adjacent to an activating group) is 1. The molecule has 0 radical (unpaired) electrons. The Labute approximate surface area is 268 Å². The molecule has 3 aliphatic rings. The maximum atomic E-state index is 13.9. The summed E-state index contributed by atoms with van der Waals surface area (Å²) in [5.41, 5.74) is 2.02. The Balaban J connectivity index is 1.41. The zero-order chi connectivity index (χ0) is 31.9. The first-order chi connectivity index (χ1) is 21.6. The molecule has 6 rings (SSSR count). The number of carbonyl (C=O) groups is 1. The third kappa shape index (κ3) is 5.85. The molecular formula is C34H38ClFN6O3. The van der Waals surface area contributed by atoms with Crippen LogP contribution in [0.2, 0.25) is 5.02 Å². The molecule has 0 bridgehead atoms. The van der Waals surface area contributed by atoms with Crippen LogP contribution in [0.1, 0.15) is 56.0 Å². The summed E-state index contributed by atoms with van der Waals surface area (Å²) in [6, 6.07) is 14.2. The number of ether oxygens (including phenoxy) is 2. The van der Waals surface area contributed by atoms with Gasteiger partial charge in [-0.3, -0.25) is 4.79 Å². The zero-order valence-corrected chi connectivity index (χ0v) is 26.7. The van der Waals surface area contributed by atoms with Crippen LogP contribution < -0.4 is 9.64 Å². The van der Waals surface area contributed by atoms with Crippen molar-refractivity contribution in [2.75, 3.05) is 44.7 Å². The van der Waals surface area contributed by atoms with E-state index in [1.54, 1.807) is 0 Å². The zero-order valence-electron chi connectivity index (χ0n) is 25.9.